The molecule has 0 saturated carbocycles. The van der Waals surface area contributed by atoms with Crippen molar-refractivity contribution in [1.82, 2.24) is 4.90 Å². The molecular weight excluding hydrogens is 264 g/mol. The molecule has 1 aliphatic rings. The molecule has 0 amide bonds. The Morgan fingerprint density at radius 2 is 2.05 bits per heavy atom. The zero-order chi connectivity index (χ0) is 14.5. The number of carbonyl (C=O) groups excluding carboxylic acids is 1. The second-order valence-electron chi connectivity index (χ2n) is 4.93. The third kappa shape index (κ3) is 3.33. The lowest BCUT2D eigenvalue weighted by molar-refractivity contribution is -0.151. The Morgan fingerprint density at radius 1 is 1.35 bits per heavy atom. The summed E-state index contributed by atoms with van der Waals surface area (Å²) < 4.78 is 32.4. The van der Waals surface area contributed by atoms with Crippen molar-refractivity contribution in [2.45, 2.75) is 38.8 Å². The highest BCUT2D eigenvalue weighted by atomic mass is 19.1. The molecule has 1 atom stereocenters. The molecule has 0 aromatic heterocycles. The van der Waals surface area contributed by atoms with E-state index in [-0.39, 0.29) is 18.1 Å². The SMILES string of the molecule is CCOC(=O)[C@@H]1CCCCN1Cc1c(F)cccc1F. The third-order valence-electron chi connectivity index (χ3n) is 3.60. The molecular formula is C15H19F2NO2. The Bertz CT molecular complexity index is 459. The molecule has 1 aromatic carbocycles. The summed E-state index contributed by atoms with van der Waals surface area (Å²) in [4.78, 5) is 13.7. The van der Waals surface area contributed by atoms with E-state index in [0.29, 0.717) is 19.6 Å². The number of likely N-dealkylation sites (tertiary alicyclic amines) is 1. The fraction of sp³-hybridized carbons (Fsp3) is 0.533. The van der Waals surface area contributed by atoms with Crippen molar-refractivity contribution < 1.29 is 18.3 Å². The number of hydrogen-bond acceptors (Lipinski definition) is 3. The van der Waals surface area contributed by atoms with Crippen LogP contribution < -0.4 is 0 Å². The van der Waals surface area contributed by atoms with Crippen LogP contribution in [-0.2, 0) is 16.1 Å². The van der Waals surface area contributed by atoms with E-state index in [4.69, 9.17) is 4.74 Å². The van der Waals surface area contributed by atoms with Crippen LogP contribution in [0.1, 0.15) is 31.7 Å². The van der Waals surface area contributed by atoms with Gasteiger partial charge in [0.15, 0.2) is 0 Å². The summed E-state index contributed by atoms with van der Waals surface area (Å²) in [6.45, 7) is 2.82. The Balaban J connectivity index is 2.14. The smallest absolute Gasteiger partial charge is 0.323 e. The lowest BCUT2D eigenvalue weighted by Gasteiger charge is -2.34. The molecule has 0 N–H and O–H groups in total. The number of carbonyl (C=O) groups is 1. The van der Waals surface area contributed by atoms with Gasteiger partial charge in [0.05, 0.1) is 6.61 Å². The van der Waals surface area contributed by atoms with Crippen molar-refractivity contribution in [2.24, 2.45) is 0 Å². The second-order valence-corrected chi connectivity index (χ2v) is 4.93. The van der Waals surface area contributed by atoms with Crippen LogP contribution in [-0.4, -0.2) is 30.1 Å². The summed E-state index contributed by atoms with van der Waals surface area (Å²) >= 11 is 0. The second kappa shape index (κ2) is 6.79. The van der Waals surface area contributed by atoms with E-state index >= 15 is 0 Å². The van der Waals surface area contributed by atoms with Crippen LogP contribution in [0.5, 0.6) is 0 Å². The third-order valence-corrected chi connectivity index (χ3v) is 3.60. The molecule has 110 valence electrons. The number of ether oxygens (including phenoxy) is 1. The standard InChI is InChI=1S/C15H19F2NO2/c1-2-20-15(19)14-8-3-4-9-18(14)10-11-12(16)6-5-7-13(11)17/h5-7,14H,2-4,8-10H2,1H3/t14-/m0/s1. The molecule has 3 nitrogen and oxygen atoms in total. The monoisotopic (exact) mass is 283 g/mol. The summed E-state index contributed by atoms with van der Waals surface area (Å²) in [5.41, 5.74) is 0.0173. The summed E-state index contributed by atoms with van der Waals surface area (Å²) in [7, 11) is 0. The van der Waals surface area contributed by atoms with Crippen molar-refractivity contribution >= 4 is 5.97 Å². The Hall–Kier alpha value is -1.49. The first-order chi connectivity index (χ1) is 9.63. The van der Waals surface area contributed by atoms with Crippen LogP contribution in [0.2, 0.25) is 0 Å². The van der Waals surface area contributed by atoms with Crippen LogP contribution in [0.15, 0.2) is 18.2 Å². The molecule has 0 aliphatic carbocycles. The molecule has 0 spiro atoms. The fourth-order valence-corrected chi connectivity index (χ4v) is 2.57. The van der Waals surface area contributed by atoms with Gasteiger partial charge in [0.25, 0.3) is 0 Å². The van der Waals surface area contributed by atoms with Gasteiger partial charge in [-0.3, -0.25) is 9.69 Å². The van der Waals surface area contributed by atoms with Crippen LogP contribution in [0.4, 0.5) is 8.78 Å². The molecule has 0 unspecified atom stereocenters. The molecule has 1 heterocycles. The highest BCUT2D eigenvalue weighted by Crippen LogP contribution is 2.23. The first-order valence-corrected chi connectivity index (χ1v) is 6.97. The first kappa shape index (κ1) is 14.9. The maximum Gasteiger partial charge on any atom is 0.323 e. The van der Waals surface area contributed by atoms with Gasteiger partial charge in [-0.05, 0) is 38.4 Å². The minimum atomic E-state index is -0.571. The van der Waals surface area contributed by atoms with Gasteiger partial charge < -0.3 is 4.74 Å². The molecule has 2 rings (SSSR count). The fourth-order valence-electron chi connectivity index (χ4n) is 2.57. The number of benzene rings is 1. The number of nitrogens with zero attached hydrogens (tertiary/aromatic N) is 1. The topological polar surface area (TPSA) is 29.5 Å². The van der Waals surface area contributed by atoms with Crippen molar-refractivity contribution in [2.75, 3.05) is 13.2 Å². The molecule has 0 radical (unpaired) electrons. The Labute approximate surface area is 117 Å². The van der Waals surface area contributed by atoms with Gasteiger partial charge in [0.2, 0.25) is 0 Å². The van der Waals surface area contributed by atoms with Gasteiger partial charge >= 0.3 is 5.97 Å². The number of esters is 1. The zero-order valence-electron chi connectivity index (χ0n) is 11.6. The largest absolute Gasteiger partial charge is 0.465 e. The van der Waals surface area contributed by atoms with Crippen LogP contribution >= 0.6 is 0 Å². The minimum Gasteiger partial charge on any atom is -0.465 e. The first-order valence-electron chi connectivity index (χ1n) is 6.97. The summed E-state index contributed by atoms with van der Waals surface area (Å²) in [6.07, 6.45) is 2.53. The summed E-state index contributed by atoms with van der Waals surface area (Å²) in [5, 5.41) is 0. The average Bonchev–Trinajstić information content (AvgIpc) is 2.44. The minimum absolute atomic E-state index is 0.0173. The molecule has 0 bridgehead atoms. The summed E-state index contributed by atoms with van der Waals surface area (Å²) in [6, 6.07) is 3.42. The van der Waals surface area contributed by atoms with Crippen LogP contribution in [0.25, 0.3) is 0 Å². The van der Waals surface area contributed by atoms with Crippen molar-refractivity contribution in [3.05, 3.63) is 35.4 Å². The number of halogens is 2. The van der Waals surface area contributed by atoms with E-state index in [0.717, 1.165) is 12.8 Å². The van der Waals surface area contributed by atoms with E-state index in [1.165, 1.54) is 18.2 Å². The molecule has 5 heteroatoms. The van der Waals surface area contributed by atoms with E-state index in [2.05, 4.69) is 0 Å². The predicted molar refractivity (Wildman–Crippen MR) is 71.0 cm³/mol. The van der Waals surface area contributed by atoms with Gasteiger partial charge in [0, 0.05) is 12.1 Å². The van der Waals surface area contributed by atoms with Crippen molar-refractivity contribution in [3.63, 3.8) is 0 Å². The Kier molecular flexibility index (Phi) is 5.06. The van der Waals surface area contributed by atoms with Crippen molar-refractivity contribution in [3.8, 4) is 0 Å². The van der Waals surface area contributed by atoms with Gasteiger partial charge in [-0.25, -0.2) is 8.78 Å². The highest BCUT2D eigenvalue weighted by molar-refractivity contribution is 5.75. The predicted octanol–water partition coefficient (Wildman–Crippen LogP) is 2.88. The maximum atomic E-state index is 13.7. The van der Waals surface area contributed by atoms with Gasteiger partial charge in [0.1, 0.15) is 17.7 Å². The normalized spacial score (nSPS) is 19.9. The van der Waals surface area contributed by atoms with Crippen molar-refractivity contribution in [1.29, 1.82) is 0 Å². The number of hydrogen-bond donors (Lipinski definition) is 0. The molecule has 1 aromatic rings. The Morgan fingerprint density at radius 3 is 2.70 bits per heavy atom. The van der Waals surface area contributed by atoms with E-state index < -0.39 is 17.7 Å². The number of piperidine rings is 1. The van der Waals surface area contributed by atoms with Crippen LogP contribution in [0, 0.1) is 11.6 Å². The lowest BCUT2D eigenvalue weighted by atomic mass is 10.0. The van der Waals surface area contributed by atoms with Gasteiger partial charge in [-0.15, -0.1) is 0 Å². The molecule has 1 fully saturated rings. The number of rotatable bonds is 4. The van der Waals surface area contributed by atoms with Gasteiger partial charge in [-0.1, -0.05) is 12.5 Å². The molecule has 1 saturated heterocycles. The zero-order valence-corrected chi connectivity index (χ0v) is 11.6. The average molecular weight is 283 g/mol. The van der Waals surface area contributed by atoms with Crippen LogP contribution in [0.3, 0.4) is 0 Å². The maximum absolute atomic E-state index is 13.7. The summed E-state index contributed by atoms with van der Waals surface area (Å²) in [5.74, 6) is -1.44. The van der Waals surface area contributed by atoms with E-state index in [1.54, 1.807) is 6.92 Å². The lowest BCUT2D eigenvalue weighted by Crippen LogP contribution is -2.45. The van der Waals surface area contributed by atoms with E-state index in [1.807, 2.05) is 4.90 Å². The van der Waals surface area contributed by atoms with E-state index in [9.17, 15) is 13.6 Å². The quantitative estimate of drug-likeness (QED) is 0.796. The van der Waals surface area contributed by atoms with Gasteiger partial charge in [-0.2, -0.15) is 0 Å². The molecule has 20 heavy (non-hydrogen) atoms. The highest BCUT2D eigenvalue weighted by Gasteiger charge is 2.30. The molecule has 1 aliphatic heterocycles.